The van der Waals surface area contributed by atoms with Crippen LogP contribution < -0.4 is 4.74 Å². The number of phenols is 1. The van der Waals surface area contributed by atoms with Crippen LogP contribution in [0.25, 0.3) is 0 Å². The number of Topliss-reactive ketones (excluding diaryl/α,β-unsaturated/α-hetero) is 1. The molecule has 4 rings (SSSR count). The largest absolute Gasteiger partial charge is 0.504 e. The topological polar surface area (TPSA) is 49.8 Å². The van der Waals surface area contributed by atoms with E-state index in [0.29, 0.717) is 36.3 Å². The van der Waals surface area contributed by atoms with Crippen LogP contribution in [0.2, 0.25) is 0 Å². The number of ether oxygens (including phenoxy) is 1. The number of piperidine rings is 1. The number of benzene rings is 1. The van der Waals surface area contributed by atoms with Gasteiger partial charge in [-0.05, 0) is 50.4 Å². The number of aromatic hydroxyl groups is 1. The summed E-state index contributed by atoms with van der Waals surface area (Å²) in [7, 11) is 3.77. The van der Waals surface area contributed by atoms with Gasteiger partial charge in [-0.25, -0.2) is 0 Å². The maximum Gasteiger partial charge on any atom is 0.161 e. The van der Waals surface area contributed by atoms with Gasteiger partial charge >= 0.3 is 0 Å². The molecule has 0 unspecified atom stereocenters. The van der Waals surface area contributed by atoms with Gasteiger partial charge in [0.15, 0.2) is 11.5 Å². The van der Waals surface area contributed by atoms with Crippen molar-refractivity contribution in [3.8, 4) is 11.5 Å². The van der Waals surface area contributed by atoms with Gasteiger partial charge < -0.3 is 14.7 Å². The number of fused-ring (bicyclic) bond motifs is 1. The lowest BCUT2D eigenvalue weighted by molar-refractivity contribution is -0.127. The number of rotatable bonds is 1. The van der Waals surface area contributed by atoms with Gasteiger partial charge in [-0.2, -0.15) is 0 Å². The van der Waals surface area contributed by atoms with E-state index in [1.54, 1.807) is 7.11 Å². The molecule has 1 aliphatic heterocycles. The number of likely N-dealkylation sites (tertiary alicyclic amines) is 1. The maximum atomic E-state index is 12.3. The van der Waals surface area contributed by atoms with E-state index in [1.807, 2.05) is 6.07 Å². The number of carbonyl (C=O) groups excluding carboxylic acids is 1. The first-order valence-corrected chi connectivity index (χ1v) is 9.08. The van der Waals surface area contributed by atoms with Gasteiger partial charge in [0.1, 0.15) is 5.78 Å². The SMILES string of the molecule is COc1cc(Br)c2c(c1O)[C@]13CCN(C)[C@@H](C2)[C@H]1CCC(=O)C3. The zero-order valence-corrected chi connectivity index (χ0v) is 15.1. The monoisotopic (exact) mass is 379 g/mol. The van der Waals surface area contributed by atoms with Gasteiger partial charge in [0.05, 0.1) is 7.11 Å². The molecule has 1 saturated heterocycles. The molecule has 2 fully saturated rings. The molecule has 124 valence electrons. The molecule has 1 aromatic carbocycles. The Bertz CT molecular complexity index is 689. The van der Waals surface area contributed by atoms with Gasteiger partial charge in [0.25, 0.3) is 0 Å². The van der Waals surface area contributed by atoms with Crippen molar-refractivity contribution in [2.45, 2.75) is 43.6 Å². The number of nitrogens with zero attached hydrogens (tertiary/aromatic N) is 1. The summed E-state index contributed by atoms with van der Waals surface area (Å²) in [5, 5.41) is 10.9. The zero-order valence-electron chi connectivity index (χ0n) is 13.6. The molecule has 1 N–H and O–H groups in total. The number of ketones is 1. The van der Waals surface area contributed by atoms with Crippen LogP contribution in [0.3, 0.4) is 0 Å². The van der Waals surface area contributed by atoms with Crippen LogP contribution in [0.4, 0.5) is 0 Å². The molecule has 2 bridgehead atoms. The smallest absolute Gasteiger partial charge is 0.161 e. The third-order valence-electron chi connectivity index (χ3n) is 6.35. The van der Waals surface area contributed by atoms with Gasteiger partial charge in [-0.15, -0.1) is 0 Å². The fourth-order valence-corrected chi connectivity index (χ4v) is 5.87. The van der Waals surface area contributed by atoms with E-state index in [9.17, 15) is 9.90 Å². The summed E-state index contributed by atoms with van der Waals surface area (Å²) in [5.41, 5.74) is 1.92. The van der Waals surface area contributed by atoms with Gasteiger partial charge in [0.2, 0.25) is 0 Å². The highest BCUT2D eigenvalue weighted by Crippen LogP contribution is 2.59. The van der Waals surface area contributed by atoms with E-state index in [4.69, 9.17) is 4.74 Å². The van der Waals surface area contributed by atoms with Crippen molar-refractivity contribution >= 4 is 21.7 Å². The first-order chi connectivity index (χ1) is 11.0. The number of hydrogen-bond acceptors (Lipinski definition) is 4. The lowest BCUT2D eigenvalue weighted by Crippen LogP contribution is -2.61. The molecular formula is C18H22BrNO3. The third kappa shape index (κ3) is 2.02. The average molecular weight is 380 g/mol. The average Bonchev–Trinajstić information content (AvgIpc) is 2.53. The normalized spacial score (nSPS) is 33.1. The van der Waals surface area contributed by atoms with Crippen LogP contribution in [-0.4, -0.2) is 42.5 Å². The molecule has 3 atom stereocenters. The summed E-state index contributed by atoms with van der Waals surface area (Å²) in [4.78, 5) is 14.8. The molecule has 0 radical (unpaired) electrons. The Morgan fingerprint density at radius 3 is 3.00 bits per heavy atom. The summed E-state index contributed by atoms with van der Waals surface area (Å²) in [6.07, 6.45) is 4.02. The van der Waals surface area contributed by atoms with E-state index in [0.717, 1.165) is 41.4 Å². The molecule has 2 aliphatic carbocycles. The summed E-state index contributed by atoms with van der Waals surface area (Å²) in [5.74, 6) is 1.51. The minimum absolute atomic E-state index is 0.221. The Kier molecular flexibility index (Phi) is 3.50. The third-order valence-corrected chi connectivity index (χ3v) is 7.05. The predicted octanol–water partition coefficient (Wildman–Crippen LogP) is 3.03. The summed E-state index contributed by atoms with van der Waals surface area (Å²) in [6, 6.07) is 2.30. The number of likely N-dealkylation sites (N-methyl/N-ethyl adjacent to an activating group) is 1. The molecule has 23 heavy (non-hydrogen) atoms. The number of carbonyl (C=O) groups is 1. The van der Waals surface area contributed by atoms with Gasteiger partial charge in [-0.1, -0.05) is 15.9 Å². The minimum atomic E-state index is -0.221. The van der Waals surface area contributed by atoms with Crippen LogP contribution in [0, 0.1) is 5.92 Å². The second kappa shape index (κ2) is 5.21. The molecule has 0 spiro atoms. The molecule has 4 nitrogen and oxygen atoms in total. The van der Waals surface area contributed by atoms with E-state index in [-0.39, 0.29) is 11.2 Å². The van der Waals surface area contributed by atoms with E-state index < -0.39 is 0 Å². The molecule has 1 saturated carbocycles. The Morgan fingerprint density at radius 1 is 1.48 bits per heavy atom. The zero-order chi connectivity index (χ0) is 16.4. The number of methoxy groups -OCH3 is 1. The summed E-state index contributed by atoms with van der Waals surface area (Å²) in [6.45, 7) is 0.974. The van der Waals surface area contributed by atoms with E-state index in [1.165, 1.54) is 0 Å². The fourth-order valence-electron chi connectivity index (χ4n) is 5.30. The second-order valence-corrected chi connectivity index (χ2v) is 8.14. The molecule has 0 amide bonds. The number of hydrogen-bond donors (Lipinski definition) is 1. The summed E-state index contributed by atoms with van der Waals surface area (Å²) >= 11 is 3.67. The quantitative estimate of drug-likeness (QED) is 0.814. The first-order valence-electron chi connectivity index (χ1n) is 8.28. The van der Waals surface area contributed by atoms with Crippen molar-refractivity contribution in [3.63, 3.8) is 0 Å². The molecule has 0 aromatic heterocycles. The van der Waals surface area contributed by atoms with Crippen LogP contribution in [0.5, 0.6) is 11.5 Å². The Hall–Kier alpha value is -1.07. The lowest BCUT2D eigenvalue weighted by Gasteiger charge is -2.58. The fraction of sp³-hybridized carbons (Fsp3) is 0.611. The lowest BCUT2D eigenvalue weighted by atomic mass is 9.52. The van der Waals surface area contributed by atoms with Crippen LogP contribution in [0.1, 0.15) is 36.8 Å². The Balaban J connectivity index is 1.99. The number of halogens is 1. The highest BCUT2D eigenvalue weighted by Gasteiger charge is 2.56. The molecule has 1 heterocycles. The Morgan fingerprint density at radius 2 is 2.26 bits per heavy atom. The van der Waals surface area contributed by atoms with Crippen LogP contribution in [-0.2, 0) is 16.6 Å². The summed E-state index contributed by atoms with van der Waals surface area (Å²) < 4.78 is 6.36. The first kappa shape index (κ1) is 15.5. The van der Waals surface area contributed by atoms with Crippen LogP contribution in [0.15, 0.2) is 10.5 Å². The Labute approximate surface area is 144 Å². The highest BCUT2D eigenvalue weighted by molar-refractivity contribution is 9.10. The van der Waals surface area contributed by atoms with Crippen molar-refractivity contribution in [1.29, 1.82) is 0 Å². The highest BCUT2D eigenvalue weighted by atomic mass is 79.9. The van der Waals surface area contributed by atoms with Crippen molar-refractivity contribution in [2.24, 2.45) is 5.92 Å². The molecule has 1 aromatic rings. The van der Waals surface area contributed by atoms with Crippen molar-refractivity contribution in [2.75, 3.05) is 20.7 Å². The molecule has 3 aliphatic rings. The molecular weight excluding hydrogens is 358 g/mol. The van der Waals surface area contributed by atoms with Crippen molar-refractivity contribution in [3.05, 3.63) is 21.7 Å². The minimum Gasteiger partial charge on any atom is -0.504 e. The van der Waals surface area contributed by atoms with Crippen molar-refractivity contribution in [1.82, 2.24) is 4.90 Å². The predicted molar refractivity (Wildman–Crippen MR) is 91.1 cm³/mol. The van der Waals surface area contributed by atoms with E-state index in [2.05, 4.69) is 27.9 Å². The van der Waals surface area contributed by atoms with E-state index >= 15 is 0 Å². The number of phenolic OH excluding ortho intramolecular Hbond substituents is 1. The molecule has 5 heteroatoms. The standard InChI is InChI=1S/C18H22BrNO3/c1-20-6-5-18-9-10(21)3-4-12(18)14(20)7-11-13(19)8-15(23-2)17(22)16(11)18/h8,12,14,22H,3-7,9H2,1-2H3/t12-,14+,18+/m1/s1. The van der Waals surface area contributed by atoms with Gasteiger partial charge in [-0.3, -0.25) is 4.79 Å². The maximum absolute atomic E-state index is 12.3. The van der Waals surface area contributed by atoms with Gasteiger partial charge in [0, 0.05) is 34.3 Å². The van der Waals surface area contributed by atoms with Crippen molar-refractivity contribution < 1.29 is 14.6 Å². The second-order valence-electron chi connectivity index (χ2n) is 7.28. The van der Waals surface area contributed by atoms with Crippen LogP contribution >= 0.6 is 15.9 Å².